The van der Waals surface area contributed by atoms with E-state index >= 15 is 0 Å². The maximum atomic E-state index is 12.9. The minimum absolute atomic E-state index is 0.150. The summed E-state index contributed by atoms with van der Waals surface area (Å²) in [6.45, 7) is 2.17. The summed E-state index contributed by atoms with van der Waals surface area (Å²) in [7, 11) is 0. The number of carbonyl (C=O) groups is 1. The second-order valence-corrected chi connectivity index (χ2v) is 9.68. The second kappa shape index (κ2) is 11.6. The van der Waals surface area contributed by atoms with Gasteiger partial charge in [0.25, 0.3) is 5.91 Å². The molecule has 2 aliphatic carbocycles. The van der Waals surface area contributed by atoms with Crippen LogP contribution in [0.15, 0.2) is 30.3 Å². The van der Waals surface area contributed by atoms with Gasteiger partial charge in [-0.25, -0.2) is 0 Å². The van der Waals surface area contributed by atoms with E-state index in [0.29, 0.717) is 11.8 Å². The van der Waals surface area contributed by atoms with Crippen molar-refractivity contribution >= 4 is 5.91 Å². The summed E-state index contributed by atoms with van der Waals surface area (Å²) in [6.07, 6.45) is 13.2. The van der Waals surface area contributed by atoms with Gasteiger partial charge >= 0.3 is 0 Å². The highest BCUT2D eigenvalue weighted by Gasteiger charge is 2.22. The largest absolute Gasteiger partial charge is 0.490 e. The Kier molecular flexibility index (Phi) is 8.32. The molecule has 178 valence electrons. The number of amides is 1. The van der Waals surface area contributed by atoms with E-state index in [2.05, 4.69) is 34.6 Å². The van der Waals surface area contributed by atoms with Crippen LogP contribution in [0.4, 0.5) is 0 Å². The Balaban J connectivity index is 1.50. The fourth-order valence-corrected chi connectivity index (χ4v) is 4.92. The average Bonchev–Trinajstić information content (AvgIpc) is 2.85. The quantitative estimate of drug-likeness (QED) is 0.577. The molecule has 33 heavy (non-hydrogen) atoms. The number of hydrogen-bond donors (Lipinski definition) is 2. The predicted octanol–water partition coefficient (Wildman–Crippen LogP) is 5.20. The van der Waals surface area contributed by atoms with Gasteiger partial charge in [-0.3, -0.25) is 4.79 Å². The molecule has 0 spiro atoms. The van der Waals surface area contributed by atoms with Crippen molar-refractivity contribution < 1.29 is 9.53 Å². The topological polar surface area (TPSA) is 90.1 Å². The molecule has 6 nitrogen and oxygen atoms in total. The summed E-state index contributed by atoms with van der Waals surface area (Å²) < 4.78 is 6.19. The summed E-state index contributed by atoms with van der Waals surface area (Å²) >= 11 is 0. The third-order valence-electron chi connectivity index (χ3n) is 7.00. The molecular formula is C27H38N4O2. The highest BCUT2D eigenvalue weighted by molar-refractivity contribution is 5.93. The first-order valence-electron chi connectivity index (χ1n) is 12.8. The molecule has 0 atom stereocenters. The summed E-state index contributed by atoms with van der Waals surface area (Å²) in [5, 5.41) is 11.9. The number of nitrogens with zero attached hydrogens (tertiary/aromatic N) is 2. The molecular weight excluding hydrogens is 412 g/mol. The van der Waals surface area contributed by atoms with Crippen molar-refractivity contribution in [2.24, 2.45) is 5.73 Å². The first-order chi connectivity index (χ1) is 16.1. The van der Waals surface area contributed by atoms with Crippen LogP contribution < -0.4 is 15.8 Å². The summed E-state index contributed by atoms with van der Waals surface area (Å²) in [5.74, 6) is 0.764. The van der Waals surface area contributed by atoms with Crippen molar-refractivity contribution in [3.8, 4) is 16.9 Å². The average molecular weight is 451 g/mol. The van der Waals surface area contributed by atoms with Crippen molar-refractivity contribution in [3.63, 3.8) is 0 Å². The molecule has 2 aromatic rings. The van der Waals surface area contributed by atoms with Gasteiger partial charge < -0.3 is 15.8 Å². The highest BCUT2D eigenvalue weighted by Crippen LogP contribution is 2.29. The van der Waals surface area contributed by atoms with Gasteiger partial charge in [-0.2, -0.15) is 5.10 Å². The zero-order valence-corrected chi connectivity index (χ0v) is 19.9. The van der Waals surface area contributed by atoms with Crippen LogP contribution in [0.25, 0.3) is 11.1 Å². The number of nitrogens with one attached hydrogen (secondary N) is 1. The number of rotatable bonds is 8. The van der Waals surface area contributed by atoms with Crippen molar-refractivity contribution in [2.45, 2.75) is 102 Å². The Hall–Kier alpha value is -2.47. The second-order valence-electron chi connectivity index (χ2n) is 9.68. The Morgan fingerprint density at radius 3 is 2.45 bits per heavy atom. The Bertz CT molecular complexity index is 901. The summed E-state index contributed by atoms with van der Waals surface area (Å²) in [6, 6.07) is 10.6. The normalized spacial score (nSPS) is 21.5. The van der Waals surface area contributed by atoms with E-state index in [1.165, 1.54) is 19.3 Å². The molecule has 2 fully saturated rings. The number of nitrogens with two attached hydrogens (primary N) is 1. The molecule has 0 radical (unpaired) electrons. The predicted molar refractivity (Wildman–Crippen MR) is 131 cm³/mol. The lowest BCUT2D eigenvalue weighted by Crippen LogP contribution is -2.40. The molecule has 0 bridgehead atoms. The molecule has 0 saturated heterocycles. The number of aryl methyl sites for hydroxylation is 1. The Morgan fingerprint density at radius 2 is 1.76 bits per heavy atom. The minimum Gasteiger partial charge on any atom is -0.490 e. The first-order valence-corrected chi connectivity index (χ1v) is 12.8. The van der Waals surface area contributed by atoms with Crippen LogP contribution in [-0.4, -0.2) is 34.3 Å². The van der Waals surface area contributed by atoms with Crippen molar-refractivity contribution in [2.75, 3.05) is 0 Å². The Labute approximate surface area is 197 Å². The molecule has 1 aromatic heterocycles. The van der Waals surface area contributed by atoms with Gasteiger partial charge in [-0.1, -0.05) is 31.9 Å². The standard InChI is InChI=1S/C27H38N4O2/c1-2-3-9-25-24(19-10-16-23(17-11-19)33-22-7-5-4-6-8-22)18-26(31-30-25)27(32)29-21-14-12-20(28)13-15-21/h10-11,16-18,20-22H,2-9,12-15,28H2,1H3,(H,29,32). The lowest BCUT2D eigenvalue weighted by molar-refractivity contribution is 0.0919. The smallest absolute Gasteiger partial charge is 0.272 e. The van der Waals surface area contributed by atoms with Crippen molar-refractivity contribution in [1.29, 1.82) is 0 Å². The summed E-state index contributed by atoms with van der Waals surface area (Å²) in [5.41, 5.74) is 9.35. The lowest BCUT2D eigenvalue weighted by atomic mass is 9.92. The molecule has 2 saturated carbocycles. The van der Waals surface area contributed by atoms with Crippen LogP contribution in [0.5, 0.6) is 5.75 Å². The molecule has 0 unspecified atom stereocenters. The SMILES string of the molecule is CCCCc1nnc(C(=O)NC2CCC(N)CC2)cc1-c1ccc(OC2CCCCC2)cc1. The van der Waals surface area contributed by atoms with Crippen LogP contribution in [0.1, 0.15) is 93.7 Å². The van der Waals surface area contributed by atoms with Gasteiger partial charge in [0.1, 0.15) is 5.75 Å². The van der Waals surface area contributed by atoms with Crippen LogP contribution in [0.2, 0.25) is 0 Å². The number of carbonyl (C=O) groups excluding carboxylic acids is 1. The molecule has 4 rings (SSSR count). The number of hydrogen-bond acceptors (Lipinski definition) is 5. The van der Waals surface area contributed by atoms with Gasteiger partial charge in [-0.05, 0) is 88.0 Å². The van der Waals surface area contributed by atoms with E-state index in [0.717, 1.165) is 80.4 Å². The molecule has 1 amide bonds. The van der Waals surface area contributed by atoms with Crippen molar-refractivity contribution in [1.82, 2.24) is 15.5 Å². The van der Waals surface area contributed by atoms with E-state index in [1.807, 2.05) is 18.2 Å². The van der Waals surface area contributed by atoms with Gasteiger partial charge in [0.15, 0.2) is 5.69 Å². The van der Waals surface area contributed by atoms with E-state index < -0.39 is 0 Å². The molecule has 2 aliphatic rings. The van der Waals surface area contributed by atoms with E-state index in [1.54, 1.807) is 0 Å². The zero-order chi connectivity index (χ0) is 23.0. The maximum absolute atomic E-state index is 12.9. The van der Waals surface area contributed by atoms with Gasteiger partial charge in [0.05, 0.1) is 11.8 Å². The van der Waals surface area contributed by atoms with E-state index in [9.17, 15) is 4.79 Å². The first kappa shape index (κ1) is 23.7. The van der Waals surface area contributed by atoms with Gasteiger partial charge in [-0.15, -0.1) is 5.10 Å². The molecule has 1 heterocycles. The monoisotopic (exact) mass is 450 g/mol. The number of ether oxygens (including phenoxy) is 1. The zero-order valence-electron chi connectivity index (χ0n) is 19.9. The number of benzene rings is 1. The van der Waals surface area contributed by atoms with E-state index in [-0.39, 0.29) is 18.0 Å². The van der Waals surface area contributed by atoms with E-state index in [4.69, 9.17) is 10.5 Å². The van der Waals surface area contributed by atoms with Crippen LogP contribution in [-0.2, 0) is 6.42 Å². The van der Waals surface area contributed by atoms with Gasteiger partial charge in [0.2, 0.25) is 0 Å². The number of aromatic nitrogens is 2. The highest BCUT2D eigenvalue weighted by atomic mass is 16.5. The van der Waals surface area contributed by atoms with Crippen molar-refractivity contribution in [3.05, 3.63) is 41.7 Å². The van der Waals surface area contributed by atoms with Crippen LogP contribution in [0.3, 0.4) is 0 Å². The molecule has 3 N–H and O–H groups in total. The van der Waals surface area contributed by atoms with Crippen LogP contribution in [0, 0.1) is 0 Å². The minimum atomic E-state index is -0.150. The Morgan fingerprint density at radius 1 is 1.03 bits per heavy atom. The van der Waals surface area contributed by atoms with Crippen LogP contribution >= 0.6 is 0 Å². The third-order valence-corrected chi connectivity index (χ3v) is 7.00. The number of unbranched alkanes of at least 4 members (excludes halogenated alkanes) is 1. The third kappa shape index (κ3) is 6.53. The molecule has 6 heteroatoms. The molecule has 0 aliphatic heterocycles. The maximum Gasteiger partial charge on any atom is 0.272 e. The molecule has 1 aromatic carbocycles. The fourth-order valence-electron chi connectivity index (χ4n) is 4.92. The lowest BCUT2D eigenvalue weighted by Gasteiger charge is -2.26. The summed E-state index contributed by atoms with van der Waals surface area (Å²) in [4.78, 5) is 12.9. The van der Waals surface area contributed by atoms with Gasteiger partial charge in [0, 0.05) is 17.6 Å². The fraction of sp³-hybridized carbons (Fsp3) is 0.593.